The Kier molecular flexibility index (Phi) is 5.53. The van der Waals surface area contributed by atoms with E-state index in [2.05, 4.69) is 0 Å². The van der Waals surface area contributed by atoms with Crippen molar-refractivity contribution in [3.8, 4) is 0 Å². The van der Waals surface area contributed by atoms with Crippen LogP contribution in [0.25, 0.3) is 6.08 Å². The van der Waals surface area contributed by atoms with E-state index in [9.17, 15) is 14.9 Å². The second-order valence-corrected chi connectivity index (χ2v) is 7.77. The van der Waals surface area contributed by atoms with E-state index in [0.29, 0.717) is 9.23 Å². The first-order valence-corrected chi connectivity index (χ1v) is 9.35. The number of rotatable bonds is 4. The lowest BCUT2D eigenvalue weighted by molar-refractivity contribution is -0.384. The zero-order chi connectivity index (χ0) is 19.6. The highest BCUT2D eigenvalue weighted by Crippen LogP contribution is 2.35. The Bertz CT molecular complexity index is 975. The minimum atomic E-state index is -0.439. The van der Waals surface area contributed by atoms with Crippen LogP contribution in [-0.2, 0) is 4.79 Å². The number of hydrogen-bond donors (Lipinski definition) is 0. The third kappa shape index (κ3) is 4.32. The number of aryl methyl sites for hydroxylation is 2. The van der Waals surface area contributed by atoms with Gasteiger partial charge in [0, 0.05) is 12.1 Å². The Morgan fingerprint density at radius 2 is 1.74 bits per heavy atom. The molecule has 2 aromatic rings. The molecule has 0 spiro atoms. The molecule has 5 nitrogen and oxygen atoms in total. The molecule has 3 rings (SSSR count). The Morgan fingerprint density at radius 1 is 1.11 bits per heavy atom. The summed E-state index contributed by atoms with van der Waals surface area (Å²) >= 11 is 6.64. The molecule has 27 heavy (non-hydrogen) atoms. The van der Waals surface area contributed by atoms with Gasteiger partial charge in [0.15, 0.2) is 4.32 Å². The van der Waals surface area contributed by atoms with Crippen molar-refractivity contribution in [2.45, 2.75) is 13.8 Å². The molecule has 0 atom stereocenters. The van der Waals surface area contributed by atoms with Gasteiger partial charge in [-0.05, 0) is 60.9 Å². The number of allylic oxidation sites excluding steroid dienone is 2. The van der Waals surface area contributed by atoms with Crippen LogP contribution in [0.5, 0.6) is 0 Å². The molecule has 0 saturated carbocycles. The average molecular weight is 396 g/mol. The van der Waals surface area contributed by atoms with Crippen LogP contribution in [-0.4, -0.2) is 15.2 Å². The number of nitro benzene ring substituents is 1. The van der Waals surface area contributed by atoms with Gasteiger partial charge in [0.25, 0.3) is 11.6 Å². The topological polar surface area (TPSA) is 63.5 Å². The van der Waals surface area contributed by atoms with Gasteiger partial charge in [-0.2, -0.15) is 0 Å². The van der Waals surface area contributed by atoms with Crippen molar-refractivity contribution >= 4 is 51.7 Å². The minimum absolute atomic E-state index is 0.0430. The number of carbonyl (C=O) groups is 1. The molecule has 0 aliphatic carbocycles. The fraction of sp³-hybridized carbons (Fsp3) is 0.100. The Morgan fingerprint density at radius 3 is 2.33 bits per heavy atom. The first kappa shape index (κ1) is 19.0. The summed E-state index contributed by atoms with van der Waals surface area (Å²) in [6.45, 7) is 3.97. The molecule has 136 valence electrons. The van der Waals surface area contributed by atoms with E-state index < -0.39 is 4.92 Å². The summed E-state index contributed by atoms with van der Waals surface area (Å²) < 4.78 is 0.500. The average Bonchev–Trinajstić information content (AvgIpc) is 2.88. The van der Waals surface area contributed by atoms with Crippen LogP contribution >= 0.6 is 24.0 Å². The third-order valence-corrected chi connectivity index (χ3v) is 5.22. The molecule has 1 aliphatic heterocycles. The van der Waals surface area contributed by atoms with E-state index in [-0.39, 0.29) is 11.6 Å². The van der Waals surface area contributed by atoms with E-state index in [0.717, 1.165) is 22.4 Å². The molecule has 2 aromatic carbocycles. The lowest BCUT2D eigenvalue weighted by Gasteiger charge is -2.16. The van der Waals surface area contributed by atoms with Gasteiger partial charge in [-0.3, -0.25) is 19.8 Å². The normalized spacial score (nSPS) is 15.9. The van der Waals surface area contributed by atoms with Crippen molar-refractivity contribution in [2.24, 2.45) is 0 Å². The van der Waals surface area contributed by atoms with Crippen molar-refractivity contribution < 1.29 is 9.72 Å². The molecule has 1 saturated heterocycles. The Hall–Kier alpha value is -2.77. The summed E-state index contributed by atoms with van der Waals surface area (Å²) in [7, 11) is 0. The van der Waals surface area contributed by atoms with Gasteiger partial charge >= 0.3 is 0 Å². The molecule has 1 fully saturated rings. The Labute approximate surface area is 166 Å². The Balaban J connectivity index is 1.78. The monoisotopic (exact) mass is 396 g/mol. The molecule has 0 aromatic heterocycles. The highest BCUT2D eigenvalue weighted by molar-refractivity contribution is 8.27. The maximum absolute atomic E-state index is 12.7. The summed E-state index contributed by atoms with van der Waals surface area (Å²) in [6.07, 6.45) is 5.24. The maximum atomic E-state index is 12.7. The number of anilines is 1. The molecule has 0 bridgehead atoms. The van der Waals surface area contributed by atoms with Crippen LogP contribution in [0.3, 0.4) is 0 Å². The molecule has 0 unspecified atom stereocenters. The molecule has 0 radical (unpaired) electrons. The fourth-order valence-electron chi connectivity index (χ4n) is 2.74. The van der Waals surface area contributed by atoms with Gasteiger partial charge in [-0.15, -0.1) is 0 Å². The van der Waals surface area contributed by atoms with Crippen molar-refractivity contribution in [3.05, 3.63) is 86.3 Å². The molecule has 0 N–H and O–H groups in total. The summed E-state index contributed by atoms with van der Waals surface area (Å²) in [5.41, 5.74) is 3.77. The van der Waals surface area contributed by atoms with Crippen LogP contribution < -0.4 is 4.90 Å². The number of nitrogens with zero attached hydrogens (tertiary/aromatic N) is 2. The van der Waals surface area contributed by atoms with Gasteiger partial charge in [0.1, 0.15) is 0 Å². The van der Waals surface area contributed by atoms with Crippen LogP contribution in [0, 0.1) is 24.0 Å². The number of hydrogen-bond acceptors (Lipinski definition) is 5. The van der Waals surface area contributed by atoms with Gasteiger partial charge in [-0.25, -0.2) is 0 Å². The quantitative estimate of drug-likeness (QED) is 0.309. The molecule has 1 aliphatic rings. The standard InChI is InChI=1S/C20H16N2O3S2/c1-13-10-14(2)12-17(11-13)21-19(23)18(27-20(21)26)5-3-4-15-6-8-16(9-7-15)22(24)25/h3-12H,1-2H3/b4-3+,18-5-. The van der Waals surface area contributed by atoms with Crippen molar-refractivity contribution in [1.82, 2.24) is 0 Å². The molecule has 7 heteroatoms. The number of thioether (sulfide) groups is 1. The van der Waals surface area contributed by atoms with Crippen molar-refractivity contribution in [2.75, 3.05) is 4.90 Å². The largest absolute Gasteiger partial charge is 0.270 e. The third-order valence-electron chi connectivity index (χ3n) is 3.90. The molecule has 1 amide bonds. The lowest BCUT2D eigenvalue weighted by atomic mass is 10.1. The van der Waals surface area contributed by atoms with Gasteiger partial charge in [0.2, 0.25) is 0 Å². The fourth-order valence-corrected chi connectivity index (χ4v) is 3.99. The number of non-ortho nitro benzene ring substituents is 1. The highest BCUT2D eigenvalue weighted by Gasteiger charge is 2.33. The van der Waals surface area contributed by atoms with E-state index in [1.807, 2.05) is 32.0 Å². The van der Waals surface area contributed by atoms with Gasteiger partial charge in [0.05, 0.1) is 15.5 Å². The number of thiocarbonyl (C=S) groups is 1. The number of amides is 1. The number of benzene rings is 2. The summed E-state index contributed by atoms with van der Waals surface area (Å²) in [6, 6.07) is 12.1. The summed E-state index contributed by atoms with van der Waals surface area (Å²) in [5.74, 6) is -0.150. The lowest BCUT2D eigenvalue weighted by Crippen LogP contribution is -2.27. The van der Waals surface area contributed by atoms with Gasteiger partial charge < -0.3 is 0 Å². The van der Waals surface area contributed by atoms with Crippen LogP contribution in [0.1, 0.15) is 16.7 Å². The zero-order valence-electron chi connectivity index (χ0n) is 14.7. The molecular formula is C20H16N2O3S2. The van der Waals surface area contributed by atoms with Gasteiger partial charge in [-0.1, -0.05) is 42.2 Å². The molecule has 1 heterocycles. The predicted molar refractivity (Wildman–Crippen MR) is 114 cm³/mol. The predicted octanol–water partition coefficient (Wildman–Crippen LogP) is 5.17. The molecular weight excluding hydrogens is 380 g/mol. The number of nitro groups is 1. The van der Waals surface area contributed by atoms with Crippen molar-refractivity contribution in [1.29, 1.82) is 0 Å². The first-order valence-electron chi connectivity index (χ1n) is 8.12. The van der Waals surface area contributed by atoms with Crippen LogP contribution in [0.2, 0.25) is 0 Å². The summed E-state index contributed by atoms with van der Waals surface area (Å²) in [4.78, 5) is 25.1. The summed E-state index contributed by atoms with van der Waals surface area (Å²) in [5, 5.41) is 10.7. The van der Waals surface area contributed by atoms with Crippen LogP contribution in [0.15, 0.2) is 59.5 Å². The second kappa shape index (κ2) is 7.85. The SMILES string of the molecule is Cc1cc(C)cc(N2C(=O)/C(=C/C=C/c3ccc([N+](=O)[O-])cc3)SC2=S)c1. The van der Waals surface area contributed by atoms with Crippen LogP contribution in [0.4, 0.5) is 11.4 Å². The minimum Gasteiger partial charge on any atom is -0.268 e. The zero-order valence-corrected chi connectivity index (χ0v) is 16.3. The second-order valence-electron chi connectivity index (χ2n) is 6.09. The van der Waals surface area contributed by atoms with E-state index in [1.54, 1.807) is 35.3 Å². The smallest absolute Gasteiger partial charge is 0.268 e. The maximum Gasteiger partial charge on any atom is 0.270 e. The van der Waals surface area contributed by atoms with E-state index in [4.69, 9.17) is 12.2 Å². The van der Waals surface area contributed by atoms with E-state index >= 15 is 0 Å². The number of carbonyl (C=O) groups excluding carboxylic acids is 1. The first-order chi connectivity index (χ1) is 12.8. The van der Waals surface area contributed by atoms with Crippen molar-refractivity contribution in [3.63, 3.8) is 0 Å². The van der Waals surface area contributed by atoms with E-state index in [1.165, 1.54) is 23.9 Å². The highest BCUT2D eigenvalue weighted by atomic mass is 32.2.